The van der Waals surface area contributed by atoms with Crippen molar-refractivity contribution in [3.63, 3.8) is 0 Å². The first-order valence-corrected chi connectivity index (χ1v) is 3.38. The van der Waals surface area contributed by atoms with Crippen molar-refractivity contribution in [2.24, 2.45) is 0 Å². The zero-order chi connectivity index (χ0) is 8.10. The van der Waals surface area contributed by atoms with Gasteiger partial charge < -0.3 is 4.74 Å². The van der Waals surface area contributed by atoms with Crippen molar-refractivity contribution < 1.29 is 9.13 Å². The van der Waals surface area contributed by atoms with E-state index in [0.717, 1.165) is 0 Å². The fraction of sp³-hybridized carbons (Fsp3) is 0.333. The van der Waals surface area contributed by atoms with Crippen LogP contribution in [0.15, 0.2) is 12.1 Å². The molecular formula is C6H6ClFN2O. The monoisotopic (exact) mass is 176 g/mol. The maximum Gasteiger partial charge on any atom is 0.233 e. The summed E-state index contributed by atoms with van der Waals surface area (Å²) in [5.41, 5.74) is 0. The van der Waals surface area contributed by atoms with E-state index in [1.165, 1.54) is 12.1 Å². The van der Waals surface area contributed by atoms with Crippen molar-refractivity contribution in [1.29, 1.82) is 0 Å². The molecule has 0 saturated heterocycles. The highest BCUT2D eigenvalue weighted by Gasteiger charge is 1.94. The van der Waals surface area contributed by atoms with Crippen molar-refractivity contribution in [2.75, 3.05) is 13.3 Å². The van der Waals surface area contributed by atoms with Gasteiger partial charge in [0.25, 0.3) is 0 Å². The van der Waals surface area contributed by atoms with E-state index in [-0.39, 0.29) is 17.6 Å². The van der Waals surface area contributed by atoms with Gasteiger partial charge in [0.1, 0.15) is 13.3 Å². The van der Waals surface area contributed by atoms with Gasteiger partial charge in [0.2, 0.25) is 5.88 Å². The molecule has 0 spiro atoms. The Morgan fingerprint density at radius 1 is 1.45 bits per heavy atom. The third-order valence-corrected chi connectivity index (χ3v) is 1.14. The summed E-state index contributed by atoms with van der Waals surface area (Å²) in [6.07, 6.45) is 0. The summed E-state index contributed by atoms with van der Waals surface area (Å²) in [6, 6.07) is 3.06. The number of hydrogen-bond donors (Lipinski definition) is 0. The molecular weight excluding hydrogens is 171 g/mol. The van der Waals surface area contributed by atoms with Gasteiger partial charge in [-0.05, 0) is 6.07 Å². The summed E-state index contributed by atoms with van der Waals surface area (Å²) in [4.78, 5) is 0. The molecule has 0 amide bonds. The predicted molar refractivity (Wildman–Crippen MR) is 38.5 cm³/mol. The molecule has 5 heteroatoms. The van der Waals surface area contributed by atoms with Crippen LogP contribution < -0.4 is 4.74 Å². The second-order valence-corrected chi connectivity index (χ2v) is 2.12. The first-order chi connectivity index (χ1) is 5.33. The van der Waals surface area contributed by atoms with Crippen LogP contribution in [0.2, 0.25) is 5.15 Å². The van der Waals surface area contributed by atoms with E-state index < -0.39 is 6.67 Å². The van der Waals surface area contributed by atoms with E-state index >= 15 is 0 Å². The number of aromatic nitrogens is 2. The maximum atomic E-state index is 11.6. The molecule has 0 aromatic carbocycles. The lowest BCUT2D eigenvalue weighted by Crippen LogP contribution is -2.00. The van der Waals surface area contributed by atoms with E-state index in [2.05, 4.69) is 10.2 Å². The van der Waals surface area contributed by atoms with Gasteiger partial charge in [-0.15, -0.1) is 10.2 Å². The van der Waals surface area contributed by atoms with Crippen molar-refractivity contribution in [2.45, 2.75) is 0 Å². The third kappa shape index (κ3) is 2.67. The fourth-order valence-electron chi connectivity index (χ4n) is 0.524. The topological polar surface area (TPSA) is 35.0 Å². The summed E-state index contributed by atoms with van der Waals surface area (Å²) in [7, 11) is 0. The Balaban J connectivity index is 2.52. The van der Waals surface area contributed by atoms with Crippen LogP contribution in [0.1, 0.15) is 0 Å². The average Bonchev–Trinajstić information content (AvgIpc) is 2.04. The highest BCUT2D eigenvalue weighted by atomic mass is 35.5. The molecule has 0 N–H and O–H groups in total. The molecule has 60 valence electrons. The summed E-state index contributed by atoms with van der Waals surface area (Å²) < 4.78 is 16.4. The SMILES string of the molecule is FCCOc1ccc(Cl)nn1. The van der Waals surface area contributed by atoms with Crippen LogP contribution in [0.25, 0.3) is 0 Å². The van der Waals surface area contributed by atoms with Gasteiger partial charge in [0, 0.05) is 6.07 Å². The molecule has 0 radical (unpaired) electrons. The second-order valence-electron chi connectivity index (χ2n) is 1.73. The fourth-order valence-corrected chi connectivity index (χ4v) is 0.625. The van der Waals surface area contributed by atoms with Crippen LogP contribution in [0.4, 0.5) is 4.39 Å². The van der Waals surface area contributed by atoms with Gasteiger partial charge >= 0.3 is 0 Å². The largest absolute Gasteiger partial charge is 0.474 e. The molecule has 1 aromatic heterocycles. The minimum Gasteiger partial charge on any atom is -0.474 e. The Morgan fingerprint density at radius 3 is 2.82 bits per heavy atom. The predicted octanol–water partition coefficient (Wildman–Crippen LogP) is 1.48. The van der Waals surface area contributed by atoms with Gasteiger partial charge in [-0.3, -0.25) is 0 Å². The van der Waals surface area contributed by atoms with E-state index in [1.54, 1.807) is 0 Å². The standard InChI is InChI=1S/C6H6ClFN2O/c7-5-1-2-6(10-9-5)11-4-3-8/h1-2H,3-4H2. The van der Waals surface area contributed by atoms with Gasteiger partial charge in [-0.25, -0.2) is 4.39 Å². The summed E-state index contributed by atoms with van der Waals surface area (Å²) in [5.74, 6) is 0.284. The zero-order valence-corrected chi connectivity index (χ0v) is 6.38. The summed E-state index contributed by atoms with van der Waals surface area (Å²) in [5, 5.41) is 7.33. The van der Waals surface area contributed by atoms with Crippen LogP contribution in [-0.4, -0.2) is 23.5 Å². The van der Waals surface area contributed by atoms with E-state index in [9.17, 15) is 4.39 Å². The Kier molecular flexibility index (Phi) is 3.04. The molecule has 1 rings (SSSR count). The van der Waals surface area contributed by atoms with Crippen LogP contribution in [-0.2, 0) is 0 Å². The molecule has 11 heavy (non-hydrogen) atoms. The number of halogens is 2. The number of rotatable bonds is 3. The van der Waals surface area contributed by atoms with Crippen molar-refractivity contribution in [3.8, 4) is 5.88 Å². The molecule has 0 aliphatic carbocycles. The van der Waals surface area contributed by atoms with Gasteiger partial charge in [-0.1, -0.05) is 11.6 Å². The molecule has 0 aliphatic heterocycles. The first kappa shape index (κ1) is 8.20. The number of ether oxygens (including phenoxy) is 1. The number of nitrogens with zero attached hydrogens (tertiary/aromatic N) is 2. The Bertz CT molecular complexity index is 216. The highest BCUT2D eigenvalue weighted by molar-refractivity contribution is 6.29. The van der Waals surface area contributed by atoms with Crippen molar-refractivity contribution in [1.82, 2.24) is 10.2 Å². The smallest absolute Gasteiger partial charge is 0.233 e. The molecule has 0 fully saturated rings. The molecule has 1 heterocycles. The van der Waals surface area contributed by atoms with E-state index in [0.29, 0.717) is 0 Å². The lowest BCUT2D eigenvalue weighted by atomic mass is 10.6. The highest BCUT2D eigenvalue weighted by Crippen LogP contribution is 2.07. The molecule has 0 aliphatic rings. The minimum absolute atomic E-state index is 0.00366. The van der Waals surface area contributed by atoms with Gasteiger partial charge in [0.15, 0.2) is 5.15 Å². The van der Waals surface area contributed by atoms with E-state index in [1.807, 2.05) is 0 Å². The number of hydrogen-bond acceptors (Lipinski definition) is 3. The van der Waals surface area contributed by atoms with Crippen LogP contribution >= 0.6 is 11.6 Å². The van der Waals surface area contributed by atoms with Crippen molar-refractivity contribution in [3.05, 3.63) is 17.3 Å². The normalized spacial score (nSPS) is 9.64. The average molecular weight is 177 g/mol. The Labute approximate surface area is 68.2 Å². The first-order valence-electron chi connectivity index (χ1n) is 3.01. The lowest BCUT2D eigenvalue weighted by Gasteiger charge is -1.99. The zero-order valence-electron chi connectivity index (χ0n) is 5.63. The summed E-state index contributed by atoms with van der Waals surface area (Å²) in [6.45, 7) is -0.541. The molecule has 3 nitrogen and oxygen atoms in total. The molecule has 1 aromatic rings. The quantitative estimate of drug-likeness (QED) is 0.700. The Morgan fingerprint density at radius 2 is 2.27 bits per heavy atom. The lowest BCUT2D eigenvalue weighted by molar-refractivity contribution is 0.262. The number of alkyl halides is 1. The molecule has 0 atom stereocenters. The minimum atomic E-state index is -0.537. The second kappa shape index (κ2) is 4.08. The van der Waals surface area contributed by atoms with Gasteiger partial charge in [0.05, 0.1) is 0 Å². The van der Waals surface area contributed by atoms with Crippen LogP contribution in [0.3, 0.4) is 0 Å². The van der Waals surface area contributed by atoms with Gasteiger partial charge in [-0.2, -0.15) is 0 Å². The molecule has 0 unspecified atom stereocenters. The van der Waals surface area contributed by atoms with Crippen molar-refractivity contribution >= 4 is 11.6 Å². The van der Waals surface area contributed by atoms with E-state index in [4.69, 9.17) is 16.3 Å². The Hall–Kier alpha value is -0.900. The summed E-state index contributed by atoms with van der Waals surface area (Å²) >= 11 is 5.44. The van der Waals surface area contributed by atoms with Crippen LogP contribution in [0.5, 0.6) is 5.88 Å². The molecule has 0 saturated carbocycles. The van der Waals surface area contributed by atoms with Crippen LogP contribution in [0, 0.1) is 0 Å². The third-order valence-electron chi connectivity index (χ3n) is 0.935. The molecule has 0 bridgehead atoms. The maximum absolute atomic E-state index is 11.6.